The van der Waals surface area contributed by atoms with Gasteiger partial charge in [0.05, 0.1) is 5.54 Å². The second-order valence-corrected chi connectivity index (χ2v) is 5.46. The van der Waals surface area contributed by atoms with E-state index in [1.54, 1.807) is 0 Å². The monoisotopic (exact) mass is 289 g/mol. The summed E-state index contributed by atoms with van der Waals surface area (Å²) < 4.78 is 0. The van der Waals surface area contributed by atoms with Crippen LogP contribution in [0.2, 0.25) is 0 Å². The molecule has 0 aromatic heterocycles. The Labute approximate surface area is 120 Å². The van der Waals surface area contributed by atoms with Crippen LogP contribution in [0.1, 0.15) is 44.9 Å². The number of halogens is 1. The average molecular weight is 290 g/mol. The van der Waals surface area contributed by atoms with E-state index in [1.165, 1.54) is 12.8 Å². The molecule has 1 saturated heterocycles. The third-order valence-electron chi connectivity index (χ3n) is 3.82. The molecule has 2 amide bonds. The maximum Gasteiger partial charge on any atom is 0.240 e. The van der Waals surface area contributed by atoms with Gasteiger partial charge in [0.25, 0.3) is 0 Å². The first-order chi connectivity index (χ1) is 8.62. The molecule has 0 bridgehead atoms. The number of likely N-dealkylation sites (tertiary alicyclic amines) is 1. The molecule has 2 aliphatic rings. The molecule has 0 atom stereocenters. The minimum atomic E-state index is -0.633. The van der Waals surface area contributed by atoms with Crippen LogP contribution in [0.15, 0.2) is 0 Å². The highest BCUT2D eigenvalue weighted by Crippen LogP contribution is 2.31. The van der Waals surface area contributed by atoms with Crippen LogP contribution in [-0.2, 0) is 9.59 Å². The number of hydrogen-bond donors (Lipinski definition) is 2. The highest BCUT2D eigenvalue weighted by Gasteiger charge is 2.45. The third kappa shape index (κ3) is 4.66. The van der Waals surface area contributed by atoms with Gasteiger partial charge in [-0.15, -0.1) is 12.4 Å². The van der Waals surface area contributed by atoms with Crippen molar-refractivity contribution in [3.05, 3.63) is 0 Å². The van der Waals surface area contributed by atoms with Gasteiger partial charge >= 0.3 is 0 Å². The highest BCUT2D eigenvalue weighted by molar-refractivity contribution is 5.89. The Hall–Kier alpha value is -0.810. The maximum absolute atomic E-state index is 11.9. The Morgan fingerprint density at radius 2 is 1.68 bits per heavy atom. The van der Waals surface area contributed by atoms with Crippen LogP contribution in [0, 0.1) is 0 Å². The minimum Gasteiger partial charge on any atom is -0.354 e. The lowest BCUT2D eigenvalue weighted by Crippen LogP contribution is -2.44. The molecular formula is C13H24ClN3O2. The van der Waals surface area contributed by atoms with Crippen molar-refractivity contribution in [2.75, 3.05) is 19.6 Å². The van der Waals surface area contributed by atoms with Crippen molar-refractivity contribution in [3.63, 3.8) is 0 Å². The predicted octanol–water partition coefficient (Wildman–Crippen LogP) is 0.808. The first-order valence-electron chi connectivity index (χ1n) is 6.97. The molecule has 110 valence electrons. The Morgan fingerprint density at radius 1 is 1.11 bits per heavy atom. The quantitative estimate of drug-likeness (QED) is 0.804. The van der Waals surface area contributed by atoms with Crippen molar-refractivity contribution in [2.24, 2.45) is 5.73 Å². The van der Waals surface area contributed by atoms with Gasteiger partial charge in [-0.3, -0.25) is 9.59 Å². The number of nitrogens with one attached hydrogen (secondary N) is 1. The highest BCUT2D eigenvalue weighted by atomic mass is 35.5. The molecule has 1 heterocycles. The molecule has 1 aliphatic heterocycles. The number of nitrogens with two attached hydrogens (primary N) is 1. The average Bonchev–Trinajstić information content (AvgIpc) is 3.13. The molecule has 1 saturated carbocycles. The SMILES string of the molecule is Cl.NC1(C(=O)NCCC(=O)N2CCCCCC2)CC1. The molecule has 0 unspecified atom stereocenters. The second kappa shape index (κ2) is 7.10. The second-order valence-electron chi connectivity index (χ2n) is 5.46. The van der Waals surface area contributed by atoms with E-state index in [4.69, 9.17) is 5.73 Å². The van der Waals surface area contributed by atoms with Gasteiger partial charge in [-0.25, -0.2) is 0 Å². The van der Waals surface area contributed by atoms with Crippen molar-refractivity contribution in [2.45, 2.75) is 50.5 Å². The van der Waals surface area contributed by atoms with Crippen LogP contribution < -0.4 is 11.1 Å². The van der Waals surface area contributed by atoms with E-state index in [1.807, 2.05) is 4.90 Å². The van der Waals surface area contributed by atoms with Crippen molar-refractivity contribution < 1.29 is 9.59 Å². The summed E-state index contributed by atoms with van der Waals surface area (Å²) in [5.41, 5.74) is 5.13. The topological polar surface area (TPSA) is 75.4 Å². The lowest BCUT2D eigenvalue weighted by Gasteiger charge is -2.20. The summed E-state index contributed by atoms with van der Waals surface area (Å²) in [4.78, 5) is 25.4. The van der Waals surface area contributed by atoms with Gasteiger partial charge in [0.1, 0.15) is 0 Å². The van der Waals surface area contributed by atoms with Gasteiger partial charge in [-0.2, -0.15) is 0 Å². The molecule has 0 spiro atoms. The first kappa shape index (κ1) is 16.2. The Bertz CT molecular complexity index is 324. The first-order valence-corrected chi connectivity index (χ1v) is 6.97. The maximum atomic E-state index is 11.9. The molecule has 2 fully saturated rings. The van der Waals surface area contributed by atoms with Gasteiger partial charge in [0, 0.05) is 26.1 Å². The molecule has 0 aromatic carbocycles. The van der Waals surface area contributed by atoms with Gasteiger partial charge in [-0.1, -0.05) is 12.8 Å². The fourth-order valence-corrected chi connectivity index (χ4v) is 2.30. The van der Waals surface area contributed by atoms with Gasteiger partial charge in [0.2, 0.25) is 11.8 Å². The molecule has 3 N–H and O–H groups in total. The normalized spacial score (nSPS) is 21.0. The zero-order valence-corrected chi connectivity index (χ0v) is 12.1. The fraction of sp³-hybridized carbons (Fsp3) is 0.846. The van der Waals surface area contributed by atoms with E-state index in [0.29, 0.717) is 13.0 Å². The van der Waals surface area contributed by atoms with E-state index in [0.717, 1.165) is 38.8 Å². The van der Waals surface area contributed by atoms with Crippen LogP contribution in [0.4, 0.5) is 0 Å². The summed E-state index contributed by atoms with van der Waals surface area (Å²) in [6.07, 6.45) is 6.56. The summed E-state index contributed by atoms with van der Waals surface area (Å²) in [6, 6.07) is 0. The molecular weight excluding hydrogens is 266 g/mol. The summed E-state index contributed by atoms with van der Waals surface area (Å²) in [5, 5.41) is 2.76. The van der Waals surface area contributed by atoms with E-state index in [-0.39, 0.29) is 24.2 Å². The molecule has 0 aromatic rings. The number of carbonyl (C=O) groups excluding carboxylic acids is 2. The van der Waals surface area contributed by atoms with E-state index in [9.17, 15) is 9.59 Å². The molecule has 1 aliphatic carbocycles. The van der Waals surface area contributed by atoms with Crippen molar-refractivity contribution in [1.82, 2.24) is 10.2 Å². The predicted molar refractivity (Wildman–Crippen MR) is 76.1 cm³/mol. The Morgan fingerprint density at radius 3 is 2.21 bits per heavy atom. The molecule has 2 rings (SSSR count). The van der Waals surface area contributed by atoms with Crippen molar-refractivity contribution in [1.29, 1.82) is 0 Å². The van der Waals surface area contributed by atoms with Crippen molar-refractivity contribution >= 4 is 24.2 Å². The van der Waals surface area contributed by atoms with Crippen LogP contribution in [0.25, 0.3) is 0 Å². The lowest BCUT2D eigenvalue weighted by atomic mass is 10.2. The molecule has 6 heteroatoms. The number of amides is 2. The molecule has 0 radical (unpaired) electrons. The number of carbonyl (C=O) groups is 2. The zero-order chi connectivity index (χ0) is 13.0. The van der Waals surface area contributed by atoms with Crippen molar-refractivity contribution in [3.8, 4) is 0 Å². The van der Waals surface area contributed by atoms with Crippen LogP contribution >= 0.6 is 12.4 Å². The van der Waals surface area contributed by atoms with Crippen LogP contribution in [-0.4, -0.2) is 41.9 Å². The summed E-state index contributed by atoms with van der Waals surface area (Å²) in [6.45, 7) is 2.15. The van der Waals surface area contributed by atoms with E-state index >= 15 is 0 Å². The number of nitrogens with zero attached hydrogens (tertiary/aromatic N) is 1. The number of rotatable bonds is 4. The van der Waals surface area contributed by atoms with E-state index < -0.39 is 5.54 Å². The fourth-order valence-electron chi connectivity index (χ4n) is 2.30. The third-order valence-corrected chi connectivity index (χ3v) is 3.82. The van der Waals surface area contributed by atoms with Gasteiger partial charge < -0.3 is 16.0 Å². The summed E-state index contributed by atoms with van der Waals surface area (Å²) >= 11 is 0. The van der Waals surface area contributed by atoms with Gasteiger partial charge in [-0.05, 0) is 25.7 Å². The lowest BCUT2D eigenvalue weighted by molar-refractivity contribution is -0.131. The Kier molecular flexibility index (Phi) is 6.07. The van der Waals surface area contributed by atoms with Crippen LogP contribution in [0.3, 0.4) is 0 Å². The standard InChI is InChI=1S/C13H23N3O2.ClH/c14-13(6-7-13)12(18)15-8-5-11(17)16-9-3-1-2-4-10-16;/h1-10,14H2,(H,15,18);1H. The summed E-state index contributed by atoms with van der Waals surface area (Å²) in [5.74, 6) is 0.0465. The minimum absolute atomic E-state index is 0. The number of hydrogen-bond acceptors (Lipinski definition) is 3. The molecule has 5 nitrogen and oxygen atoms in total. The largest absolute Gasteiger partial charge is 0.354 e. The van der Waals surface area contributed by atoms with Gasteiger partial charge in [0.15, 0.2) is 0 Å². The smallest absolute Gasteiger partial charge is 0.240 e. The van der Waals surface area contributed by atoms with E-state index in [2.05, 4.69) is 5.32 Å². The molecule has 19 heavy (non-hydrogen) atoms. The Balaban J connectivity index is 0.00000180. The summed E-state index contributed by atoms with van der Waals surface area (Å²) in [7, 11) is 0. The van der Waals surface area contributed by atoms with Crippen LogP contribution in [0.5, 0.6) is 0 Å². The zero-order valence-electron chi connectivity index (χ0n) is 11.3.